The van der Waals surface area contributed by atoms with Crippen molar-refractivity contribution in [1.82, 2.24) is 15.0 Å². The van der Waals surface area contributed by atoms with Crippen molar-refractivity contribution in [3.63, 3.8) is 0 Å². The van der Waals surface area contributed by atoms with Crippen molar-refractivity contribution in [2.75, 3.05) is 23.7 Å². The third kappa shape index (κ3) is 2.34. The molecule has 1 aromatic carbocycles. The molecule has 2 N–H and O–H groups in total. The number of nitrogens with two attached hydrogens (primary N) is 1. The largest absolute Gasteiger partial charge is 0.368 e. The molecule has 1 aliphatic carbocycles. The predicted octanol–water partition coefficient (Wildman–Crippen LogP) is 3.40. The zero-order valence-electron chi connectivity index (χ0n) is 15.1. The van der Waals surface area contributed by atoms with Crippen LogP contribution >= 0.6 is 0 Å². The van der Waals surface area contributed by atoms with E-state index in [0.717, 1.165) is 43.7 Å². The van der Waals surface area contributed by atoms with E-state index in [0.29, 0.717) is 5.95 Å². The van der Waals surface area contributed by atoms with E-state index in [-0.39, 0.29) is 5.41 Å². The average molecular weight is 345 g/mol. The standard InChI is InChI=1S/C21H23N5/c1-14-11-18(24-17-6-3-2-5-16(14)17)26-10-4-8-21(13-26)9-7-15-12-23-20(22)25-19(15)21/h2-3,5-6,11-12H,4,7-10,13H2,1H3,(H2,22,23,25). The Morgan fingerprint density at radius 1 is 1.15 bits per heavy atom. The van der Waals surface area contributed by atoms with Crippen LogP contribution < -0.4 is 10.6 Å². The van der Waals surface area contributed by atoms with Gasteiger partial charge in [0.05, 0.1) is 11.2 Å². The molecule has 5 heteroatoms. The lowest BCUT2D eigenvalue weighted by Gasteiger charge is -2.41. The molecule has 3 aromatic rings. The molecule has 1 spiro atoms. The molecule has 3 heterocycles. The molecule has 1 aliphatic heterocycles. The summed E-state index contributed by atoms with van der Waals surface area (Å²) < 4.78 is 0. The summed E-state index contributed by atoms with van der Waals surface area (Å²) in [5, 5.41) is 1.23. The molecule has 1 unspecified atom stereocenters. The number of benzene rings is 1. The van der Waals surface area contributed by atoms with Gasteiger partial charge in [-0.25, -0.2) is 15.0 Å². The second-order valence-corrected chi connectivity index (χ2v) is 7.72. The summed E-state index contributed by atoms with van der Waals surface area (Å²) in [7, 11) is 0. The van der Waals surface area contributed by atoms with Crippen molar-refractivity contribution in [3.8, 4) is 0 Å². The third-order valence-electron chi connectivity index (χ3n) is 6.07. The van der Waals surface area contributed by atoms with Crippen molar-refractivity contribution in [3.05, 3.63) is 53.3 Å². The van der Waals surface area contributed by atoms with Crippen LogP contribution in [0, 0.1) is 6.92 Å². The molecule has 2 aliphatic rings. The molecule has 1 saturated heterocycles. The zero-order chi connectivity index (χ0) is 17.7. The van der Waals surface area contributed by atoms with Crippen molar-refractivity contribution >= 4 is 22.7 Å². The Labute approximate surface area is 153 Å². The minimum Gasteiger partial charge on any atom is -0.368 e. The molecule has 5 rings (SSSR count). The molecule has 5 nitrogen and oxygen atoms in total. The number of hydrogen-bond donors (Lipinski definition) is 1. The normalized spacial score (nSPS) is 22.1. The van der Waals surface area contributed by atoms with Gasteiger partial charge in [0.1, 0.15) is 5.82 Å². The number of pyridine rings is 1. The van der Waals surface area contributed by atoms with Gasteiger partial charge < -0.3 is 10.6 Å². The summed E-state index contributed by atoms with van der Waals surface area (Å²) in [4.78, 5) is 16.2. The maximum Gasteiger partial charge on any atom is 0.220 e. The SMILES string of the molecule is Cc1cc(N2CCCC3(CCc4cnc(N)nc43)C2)nc2ccccc12. The van der Waals surface area contributed by atoms with Gasteiger partial charge in [-0.3, -0.25) is 0 Å². The number of nitrogen functional groups attached to an aromatic ring is 1. The van der Waals surface area contributed by atoms with Crippen LogP contribution in [0.1, 0.15) is 36.1 Å². The number of para-hydroxylation sites is 1. The molecule has 0 saturated carbocycles. The molecule has 1 fully saturated rings. The Balaban J connectivity index is 1.54. The number of piperidine rings is 1. The summed E-state index contributed by atoms with van der Waals surface area (Å²) in [6.07, 6.45) is 6.41. The van der Waals surface area contributed by atoms with Gasteiger partial charge in [0.25, 0.3) is 0 Å². The number of aryl methyl sites for hydroxylation is 2. The van der Waals surface area contributed by atoms with E-state index in [1.165, 1.54) is 28.6 Å². The molecule has 2 aromatic heterocycles. The van der Waals surface area contributed by atoms with Gasteiger partial charge in [0, 0.05) is 30.1 Å². The number of anilines is 2. The van der Waals surface area contributed by atoms with E-state index in [4.69, 9.17) is 10.7 Å². The van der Waals surface area contributed by atoms with Crippen molar-refractivity contribution in [2.24, 2.45) is 0 Å². The van der Waals surface area contributed by atoms with E-state index in [2.05, 4.69) is 52.1 Å². The molecule has 0 bridgehead atoms. The molecule has 132 valence electrons. The van der Waals surface area contributed by atoms with Gasteiger partial charge in [-0.15, -0.1) is 0 Å². The first-order valence-corrected chi connectivity index (χ1v) is 9.38. The predicted molar refractivity (Wildman–Crippen MR) is 104 cm³/mol. The number of aromatic nitrogens is 3. The third-order valence-corrected chi connectivity index (χ3v) is 6.07. The van der Waals surface area contributed by atoms with Crippen LogP contribution in [0.4, 0.5) is 11.8 Å². The van der Waals surface area contributed by atoms with E-state index in [1.54, 1.807) is 0 Å². The smallest absolute Gasteiger partial charge is 0.220 e. The van der Waals surface area contributed by atoms with E-state index >= 15 is 0 Å². The topological polar surface area (TPSA) is 67.9 Å². The summed E-state index contributed by atoms with van der Waals surface area (Å²) in [6.45, 7) is 4.18. The highest BCUT2D eigenvalue weighted by molar-refractivity contribution is 5.83. The van der Waals surface area contributed by atoms with Crippen LogP contribution in [-0.2, 0) is 11.8 Å². The Morgan fingerprint density at radius 3 is 2.96 bits per heavy atom. The van der Waals surface area contributed by atoms with Gasteiger partial charge in [-0.05, 0) is 55.9 Å². The van der Waals surface area contributed by atoms with Crippen LogP contribution in [0.25, 0.3) is 10.9 Å². The number of fused-ring (bicyclic) bond motifs is 3. The van der Waals surface area contributed by atoms with Gasteiger partial charge in [0.2, 0.25) is 5.95 Å². The second kappa shape index (κ2) is 5.66. The molecular weight excluding hydrogens is 322 g/mol. The quantitative estimate of drug-likeness (QED) is 0.732. The van der Waals surface area contributed by atoms with Crippen molar-refractivity contribution in [2.45, 2.75) is 38.0 Å². The maximum absolute atomic E-state index is 5.90. The molecule has 26 heavy (non-hydrogen) atoms. The van der Waals surface area contributed by atoms with Crippen LogP contribution in [0.3, 0.4) is 0 Å². The van der Waals surface area contributed by atoms with E-state index in [9.17, 15) is 0 Å². The summed E-state index contributed by atoms with van der Waals surface area (Å²) >= 11 is 0. The summed E-state index contributed by atoms with van der Waals surface area (Å²) in [5.41, 5.74) is 10.8. The lowest BCUT2D eigenvalue weighted by molar-refractivity contribution is 0.333. The lowest BCUT2D eigenvalue weighted by Crippen LogP contribution is -2.46. The second-order valence-electron chi connectivity index (χ2n) is 7.72. The molecule has 1 atom stereocenters. The maximum atomic E-state index is 5.90. The van der Waals surface area contributed by atoms with Crippen LogP contribution in [0.15, 0.2) is 36.5 Å². The molecule has 0 amide bonds. The van der Waals surface area contributed by atoms with Gasteiger partial charge in [-0.2, -0.15) is 0 Å². The number of nitrogens with zero attached hydrogens (tertiary/aromatic N) is 4. The number of hydrogen-bond acceptors (Lipinski definition) is 5. The van der Waals surface area contributed by atoms with E-state index in [1.807, 2.05) is 6.20 Å². The van der Waals surface area contributed by atoms with Crippen molar-refractivity contribution < 1.29 is 0 Å². The highest BCUT2D eigenvalue weighted by Gasteiger charge is 2.44. The Morgan fingerprint density at radius 2 is 2.04 bits per heavy atom. The monoisotopic (exact) mass is 345 g/mol. The fraction of sp³-hybridized carbons (Fsp3) is 0.381. The fourth-order valence-corrected chi connectivity index (χ4v) is 4.77. The molecular formula is C21H23N5. The van der Waals surface area contributed by atoms with Gasteiger partial charge in [0.15, 0.2) is 0 Å². The van der Waals surface area contributed by atoms with E-state index < -0.39 is 0 Å². The Bertz CT molecular complexity index is 995. The van der Waals surface area contributed by atoms with Gasteiger partial charge in [-0.1, -0.05) is 18.2 Å². The average Bonchev–Trinajstić information content (AvgIpc) is 2.99. The molecule has 0 radical (unpaired) electrons. The highest BCUT2D eigenvalue weighted by Crippen LogP contribution is 2.44. The zero-order valence-corrected chi connectivity index (χ0v) is 15.1. The lowest BCUT2D eigenvalue weighted by atomic mass is 9.77. The highest BCUT2D eigenvalue weighted by atomic mass is 15.2. The first kappa shape index (κ1) is 15.6. The first-order valence-electron chi connectivity index (χ1n) is 9.38. The van der Waals surface area contributed by atoms with Crippen molar-refractivity contribution in [1.29, 1.82) is 0 Å². The minimum absolute atomic E-state index is 0.0892. The summed E-state index contributed by atoms with van der Waals surface area (Å²) in [5.74, 6) is 1.47. The summed E-state index contributed by atoms with van der Waals surface area (Å²) in [6, 6.07) is 10.6. The Hall–Kier alpha value is -2.69. The van der Waals surface area contributed by atoms with Gasteiger partial charge >= 0.3 is 0 Å². The minimum atomic E-state index is 0.0892. The van der Waals surface area contributed by atoms with Crippen LogP contribution in [0.2, 0.25) is 0 Å². The Kier molecular flexibility index (Phi) is 3.39. The van der Waals surface area contributed by atoms with Crippen LogP contribution in [0.5, 0.6) is 0 Å². The first-order chi connectivity index (χ1) is 12.6. The fourth-order valence-electron chi connectivity index (χ4n) is 4.77. The number of rotatable bonds is 1. The van der Waals surface area contributed by atoms with Crippen LogP contribution in [-0.4, -0.2) is 28.0 Å².